The Morgan fingerprint density at radius 3 is 2.57 bits per heavy atom. The molecular weight excluding hydrogens is 354 g/mol. The van der Waals surface area contributed by atoms with Crippen LogP contribution in [-0.2, 0) is 13.0 Å². The van der Waals surface area contributed by atoms with E-state index >= 15 is 0 Å². The molecule has 0 spiro atoms. The number of nitrogens with one attached hydrogen (secondary N) is 1. The predicted molar refractivity (Wildman–Crippen MR) is 109 cm³/mol. The maximum Gasteiger partial charge on any atom is 0.270 e. The lowest BCUT2D eigenvalue weighted by Gasteiger charge is -2.32. The number of benzene rings is 2. The molecular formula is C22H25N3O3. The average molecular weight is 379 g/mol. The first-order valence-electron chi connectivity index (χ1n) is 10.0. The van der Waals surface area contributed by atoms with Gasteiger partial charge in [0.05, 0.1) is 16.2 Å². The quantitative estimate of drug-likeness (QED) is 0.637. The Morgan fingerprint density at radius 2 is 1.82 bits per heavy atom. The molecule has 4 rings (SSSR count). The van der Waals surface area contributed by atoms with Gasteiger partial charge in [0.25, 0.3) is 11.6 Å². The van der Waals surface area contributed by atoms with Crippen molar-refractivity contribution in [2.75, 3.05) is 11.4 Å². The number of rotatable bonds is 4. The van der Waals surface area contributed by atoms with Gasteiger partial charge in [0.15, 0.2) is 0 Å². The first-order chi connectivity index (χ1) is 13.6. The van der Waals surface area contributed by atoms with E-state index < -0.39 is 4.92 Å². The Hall–Kier alpha value is -2.89. The summed E-state index contributed by atoms with van der Waals surface area (Å²) >= 11 is 0. The highest BCUT2D eigenvalue weighted by Gasteiger charge is 2.25. The predicted octanol–water partition coefficient (Wildman–Crippen LogP) is 4.22. The van der Waals surface area contributed by atoms with E-state index in [0.29, 0.717) is 12.1 Å². The molecule has 0 radical (unpaired) electrons. The molecule has 0 bridgehead atoms. The Labute approximate surface area is 164 Å². The van der Waals surface area contributed by atoms with Gasteiger partial charge >= 0.3 is 0 Å². The smallest absolute Gasteiger partial charge is 0.270 e. The van der Waals surface area contributed by atoms with Gasteiger partial charge in [-0.2, -0.15) is 0 Å². The monoisotopic (exact) mass is 379 g/mol. The summed E-state index contributed by atoms with van der Waals surface area (Å²) < 4.78 is 0. The van der Waals surface area contributed by atoms with Crippen molar-refractivity contribution in [3.63, 3.8) is 0 Å². The van der Waals surface area contributed by atoms with Crippen LogP contribution in [0, 0.1) is 10.1 Å². The molecule has 1 heterocycles. The van der Waals surface area contributed by atoms with E-state index in [1.165, 1.54) is 29.7 Å². The zero-order valence-corrected chi connectivity index (χ0v) is 15.9. The molecule has 0 unspecified atom stereocenters. The van der Waals surface area contributed by atoms with Crippen LogP contribution in [0.5, 0.6) is 0 Å². The van der Waals surface area contributed by atoms with Gasteiger partial charge in [0.1, 0.15) is 0 Å². The van der Waals surface area contributed by atoms with Crippen LogP contribution >= 0.6 is 0 Å². The summed E-state index contributed by atoms with van der Waals surface area (Å²) in [4.78, 5) is 26.0. The maximum absolute atomic E-state index is 13.0. The molecule has 0 atom stereocenters. The Kier molecular flexibility index (Phi) is 5.28. The van der Waals surface area contributed by atoms with Crippen molar-refractivity contribution < 1.29 is 9.72 Å². The van der Waals surface area contributed by atoms with Gasteiger partial charge in [-0.3, -0.25) is 14.9 Å². The molecule has 0 aromatic heterocycles. The van der Waals surface area contributed by atoms with Crippen LogP contribution in [-0.4, -0.2) is 23.4 Å². The molecule has 6 heteroatoms. The highest BCUT2D eigenvalue weighted by atomic mass is 16.6. The van der Waals surface area contributed by atoms with Crippen molar-refractivity contribution in [1.82, 2.24) is 5.32 Å². The number of hydrogen-bond acceptors (Lipinski definition) is 4. The van der Waals surface area contributed by atoms with Gasteiger partial charge in [-0.15, -0.1) is 0 Å². The van der Waals surface area contributed by atoms with E-state index in [1.54, 1.807) is 6.07 Å². The summed E-state index contributed by atoms with van der Waals surface area (Å²) in [6.45, 7) is 1.50. The zero-order chi connectivity index (χ0) is 19.5. The number of carbonyl (C=O) groups is 1. The SMILES string of the molecule is O=C(NC1CCCCC1)c1cc([N+](=O)[O-])ccc1N1CCc2ccccc2C1. The minimum Gasteiger partial charge on any atom is -0.366 e. The highest BCUT2D eigenvalue weighted by molar-refractivity contribution is 6.00. The van der Waals surface area contributed by atoms with Gasteiger partial charge < -0.3 is 10.2 Å². The number of nitrogens with zero attached hydrogens (tertiary/aromatic N) is 2. The molecule has 1 amide bonds. The summed E-state index contributed by atoms with van der Waals surface area (Å²) in [5.41, 5.74) is 3.70. The third-order valence-corrected chi connectivity index (χ3v) is 5.85. The summed E-state index contributed by atoms with van der Waals surface area (Å²) in [5.74, 6) is -0.204. The summed E-state index contributed by atoms with van der Waals surface area (Å²) in [6.07, 6.45) is 6.31. The van der Waals surface area contributed by atoms with E-state index in [4.69, 9.17) is 0 Å². The maximum atomic E-state index is 13.0. The lowest BCUT2D eigenvalue weighted by atomic mass is 9.95. The van der Waals surface area contributed by atoms with E-state index in [9.17, 15) is 14.9 Å². The number of fused-ring (bicyclic) bond motifs is 1. The second-order valence-corrected chi connectivity index (χ2v) is 7.71. The highest BCUT2D eigenvalue weighted by Crippen LogP contribution is 2.30. The van der Waals surface area contributed by atoms with Gasteiger partial charge in [0, 0.05) is 31.3 Å². The van der Waals surface area contributed by atoms with Crippen molar-refractivity contribution in [1.29, 1.82) is 0 Å². The van der Waals surface area contributed by atoms with E-state index in [1.807, 2.05) is 12.1 Å². The fraction of sp³-hybridized carbons (Fsp3) is 0.409. The molecule has 1 fully saturated rings. The molecule has 6 nitrogen and oxygen atoms in total. The molecule has 1 saturated carbocycles. The van der Waals surface area contributed by atoms with Crippen molar-refractivity contribution >= 4 is 17.3 Å². The Bertz CT molecular complexity index is 890. The second-order valence-electron chi connectivity index (χ2n) is 7.71. The molecule has 28 heavy (non-hydrogen) atoms. The normalized spacial score (nSPS) is 17.1. The first kappa shape index (κ1) is 18.5. The largest absolute Gasteiger partial charge is 0.366 e. The average Bonchev–Trinajstić information content (AvgIpc) is 2.73. The fourth-order valence-electron chi connectivity index (χ4n) is 4.31. The van der Waals surface area contributed by atoms with E-state index in [-0.39, 0.29) is 17.6 Å². The molecule has 1 aliphatic heterocycles. The minimum absolute atomic E-state index is 0.0463. The van der Waals surface area contributed by atoms with Crippen molar-refractivity contribution in [2.45, 2.75) is 51.1 Å². The van der Waals surface area contributed by atoms with Crippen LogP contribution in [0.4, 0.5) is 11.4 Å². The Balaban J connectivity index is 1.63. The van der Waals surface area contributed by atoms with Crippen molar-refractivity contribution in [2.24, 2.45) is 0 Å². The minimum atomic E-state index is -0.438. The van der Waals surface area contributed by atoms with Crippen molar-refractivity contribution in [3.8, 4) is 0 Å². The van der Waals surface area contributed by atoms with Crippen LogP contribution < -0.4 is 10.2 Å². The number of carbonyl (C=O) groups excluding carboxylic acids is 1. The van der Waals surface area contributed by atoms with Crippen LogP contribution in [0.1, 0.15) is 53.6 Å². The molecule has 2 aromatic carbocycles. The number of nitro groups is 1. The molecule has 1 N–H and O–H groups in total. The Morgan fingerprint density at radius 1 is 1.07 bits per heavy atom. The molecule has 146 valence electrons. The number of amides is 1. The number of anilines is 1. The van der Waals surface area contributed by atoms with Crippen LogP contribution in [0.3, 0.4) is 0 Å². The van der Waals surface area contributed by atoms with Crippen LogP contribution in [0.15, 0.2) is 42.5 Å². The third kappa shape index (κ3) is 3.86. The van der Waals surface area contributed by atoms with E-state index in [0.717, 1.165) is 44.3 Å². The first-order valence-corrected chi connectivity index (χ1v) is 10.0. The number of non-ortho nitro benzene ring substituents is 1. The van der Waals surface area contributed by atoms with Crippen LogP contribution in [0.2, 0.25) is 0 Å². The summed E-state index contributed by atoms with van der Waals surface area (Å²) in [7, 11) is 0. The molecule has 2 aromatic rings. The van der Waals surface area contributed by atoms with E-state index in [2.05, 4.69) is 22.3 Å². The van der Waals surface area contributed by atoms with Gasteiger partial charge in [-0.05, 0) is 36.5 Å². The topological polar surface area (TPSA) is 75.5 Å². The zero-order valence-electron chi connectivity index (χ0n) is 15.9. The molecule has 2 aliphatic rings. The molecule has 0 saturated heterocycles. The number of hydrogen-bond donors (Lipinski definition) is 1. The molecule has 1 aliphatic carbocycles. The second kappa shape index (κ2) is 8.00. The number of nitro benzene ring substituents is 1. The fourth-order valence-corrected chi connectivity index (χ4v) is 4.31. The van der Waals surface area contributed by atoms with Gasteiger partial charge in [0.2, 0.25) is 0 Å². The third-order valence-electron chi connectivity index (χ3n) is 5.85. The standard InChI is InChI=1S/C22H25N3O3/c26-22(23-18-8-2-1-3-9-18)20-14-19(25(27)28)10-11-21(20)24-13-12-16-6-4-5-7-17(16)15-24/h4-7,10-11,14,18H,1-3,8-9,12-13,15H2,(H,23,26). The lowest BCUT2D eigenvalue weighted by Crippen LogP contribution is -2.38. The van der Waals surface area contributed by atoms with Gasteiger partial charge in [-0.1, -0.05) is 43.5 Å². The van der Waals surface area contributed by atoms with Crippen molar-refractivity contribution in [3.05, 3.63) is 69.3 Å². The van der Waals surface area contributed by atoms with Crippen LogP contribution in [0.25, 0.3) is 0 Å². The summed E-state index contributed by atoms with van der Waals surface area (Å²) in [6, 6.07) is 13.1. The summed E-state index contributed by atoms with van der Waals surface area (Å²) in [5, 5.41) is 14.4. The van der Waals surface area contributed by atoms with Gasteiger partial charge in [-0.25, -0.2) is 0 Å². The lowest BCUT2D eigenvalue weighted by molar-refractivity contribution is -0.384.